The third-order valence-electron chi connectivity index (χ3n) is 3.05. The molecule has 1 unspecified atom stereocenters. The van der Waals surface area contributed by atoms with Crippen LogP contribution in [0.3, 0.4) is 0 Å². The van der Waals surface area contributed by atoms with E-state index < -0.39 is 0 Å². The second-order valence-corrected chi connectivity index (χ2v) is 5.01. The Hall–Kier alpha value is -1.07. The summed E-state index contributed by atoms with van der Waals surface area (Å²) in [7, 11) is 0. The first kappa shape index (κ1) is 16.0. The van der Waals surface area contributed by atoms with Crippen LogP contribution in [0.5, 0.6) is 0 Å². The lowest BCUT2D eigenvalue weighted by Crippen LogP contribution is -2.25. The molecule has 0 aliphatic heterocycles. The molecule has 0 bridgehead atoms. The topological polar surface area (TPSA) is 84.1 Å². The van der Waals surface area contributed by atoms with Crippen molar-refractivity contribution in [3.8, 4) is 0 Å². The lowest BCUT2D eigenvalue weighted by Gasteiger charge is -2.18. The minimum atomic E-state index is -0.0464. The van der Waals surface area contributed by atoms with Gasteiger partial charge in [0.1, 0.15) is 12.0 Å². The van der Waals surface area contributed by atoms with Gasteiger partial charge in [0.2, 0.25) is 0 Å². The van der Waals surface area contributed by atoms with E-state index in [0.29, 0.717) is 11.5 Å². The molecule has 108 valence electrons. The molecule has 0 amide bonds. The summed E-state index contributed by atoms with van der Waals surface area (Å²) in [5.41, 5.74) is 6.11. The number of unbranched alkanes of at least 4 members (excludes halogenated alkanes) is 4. The van der Waals surface area contributed by atoms with Gasteiger partial charge < -0.3 is 16.2 Å². The third-order valence-corrected chi connectivity index (χ3v) is 3.35. The van der Waals surface area contributed by atoms with Crippen LogP contribution in [-0.2, 0) is 0 Å². The monoisotopic (exact) mass is 286 g/mol. The number of anilines is 2. The summed E-state index contributed by atoms with van der Waals surface area (Å²) in [4.78, 5) is 7.84. The van der Waals surface area contributed by atoms with Gasteiger partial charge in [-0.1, -0.05) is 50.6 Å². The maximum Gasteiger partial charge on any atom is 0.157 e. The van der Waals surface area contributed by atoms with E-state index in [2.05, 4.69) is 22.2 Å². The quantitative estimate of drug-likeness (QED) is 0.480. The largest absolute Gasteiger partial charge is 0.394 e. The van der Waals surface area contributed by atoms with Crippen molar-refractivity contribution in [2.24, 2.45) is 0 Å². The number of halogens is 1. The molecule has 0 saturated carbocycles. The van der Waals surface area contributed by atoms with Gasteiger partial charge in [0.25, 0.3) is 0 Å². The first-order chi connectivity index (χ1) is 9.19. The molecule has 0 spiro atoms. The maximum atomic E-state index is 9.37. The number of nitrogen functional groups attached to an aromatic ring is 1. The standard InChI is InChI=1S/C13H23ClN4O/c1-2-3-4-5-6-7-10(8-19)18-13-11(15)12(14)16-9-17-13/h9-10,19H,2-8,15H2,1H3,(H,16,17,18). The van der Waals surface area contributed by atoms with Crippen molar-refractivity contribution >= 4 is 23.1 Å². The van der Waals surface area contributed by atoms with Gasteiger partial charge in [-0.05, 0) is 6.42 Å². The number of nitrogens with two attached hydrogens (primary N) is 1. The van der Waals surface area contributed by atoms with Crippen LogP contribution in [0.4, 0.5) is 11.5 Å². The average Bonchev–Trinajstić information content (AvgIpc) is 2.42. The van der Waals surface area contributed by atoms with E-state index in [0.717, 1.165) is 12.8 Å². The van der Waals surface area contributed by atoms with Crippen molar-refractivity contribution in [2.75, 3.05) is 17.7 Å². The maximum absolute atomic E-state index is 9.37. The molecule has 1 atom stereocenters. The van der Waals surface area contributed by atoms with Crippen molar-refractivity contribution in [3.05, 3.63) is 11.5 Å². The molecule has 4 N–H and O–H groups in total. The molecule has 0 fully saturated rings. The molecule has 5 nitrogen and oxygen atoms in total. The van der Waals surface area contributed by atoms with Crippen LogP contribution in [0.25, 0.3) is 0 Å². The molecular formula is C13H23ClN4O. The summed E-state index contributed by atoms with van der Waals surface area (Å²) in [6.45, 7) is 2.24. The van der Waals surface area contributed by atoms with E-state index in [-0.39, 0.29) is 17.8 Å². The van der Waals surface area contributed by atoms with E-state index >= 15 is 0 Å². The summed E-state index contributed by atoms with van der Waals surface area (Å²) in [6.07, 6.45) is 8.26. The summed E-state index contributed by atoms with van der Waals surface area (Å²) in [5, 5.41) is 12.7. The molecule has 1 rings (SSSR count). The zero-order valence-electron chi connectivity index (χ0n) is 11.4. The molecule has 0 aliphatic carbocycles. The Balaban J connectivity index is 2.41. The van der Waals surface area contributed by atoms with E-state index in [9.17, 15) is 5.11 Å². The molecule has 0 saturated heterocycles. The molecular weight excluding hydrogens is 264 g/mol. The number of hydrogen-bond donors (Lipinski definition) is 3. The van der Waals surface area contributed by atoms with Crippen molar-refractivity contribution in [2.45, 2.75) is 51.5 Å². The molecule has 6 heteroatoms. The van der Waals surface area contributed by atoms with Crippen molar-refractivity contribution in [1.29, 1.82) is 0 Å². The Labute approximate surface area is 119 Å². The number of aliphatic hydroxyl groups excluding tert-OH is 1. The normalized spacial score (nSPS) is 12.4. The van der Waals surface area contributed by atoms with Crippen LogP contribution in [0.1, 0.15) is 45.4 Å². The Morgan fingerprint density at radius 2 is 2.05 bits per heavy atom. The fourth-order valence-electron chi connectivity index (χ4n) is 1.89. The summed E-state index contributed by atoms with van der Waals surface area (Å²) >= 11 is 5.82. The number of nitrogens with zero attached hydrogens (tertiary/aromatic N) is 2. The Morgan fingerprint density at radius 3 is 2.74 bits per heavy atom. The zero-order valence-corrected chi connectivity index (χ0v) is 12.2. The van der Waals surface area contributed by atoms with Crippen LogP contribution in [0.2, 0.25) is 5.15 Å². The summed E-state index contributed by atoms with van der Waals surface area (Å²) in [6, 6.07) is -0.0464. The molecule has 0 aromatic carbocycles. The minimum absolute atomic E-state index is 0.0464. The van der Waals surface area contributed by atoms with E-state index in [4.69, 9.17) is 17.3 Å². The Bertz CT molecular complexity index is 376. The highest BCUT2D eigenvalue weighted by atomic mass is 35.5. The van der Waals surface area contributed by atoms with Crippen molar-refractivity contribution in [1.82, 2.24) is 9.97 Å². The average molecular weight is 287 g/mol. The number of aliphatic hydroxyl groups is 1. The number of aromatic nitrogens is 2. The number of rotatable bonds is 9. The third kappa shape index (κ3) is 5.61. The fraction of sp³-hybridized carbons (Fsp3) is 0.692. The van der Waals surface area contributed by atoms with Gasteiger partial charge in [0.15, 0.2) is 11.0 Å². The molecule has 1 aromatic rings. The van der Waals surface area contributed by atoms with Crippen LogP contribution in [0, 0.1) is 0 Å². The molecule has 0 radical (unpaired) electrons. The smallest absolute Gasteiger partial charge is 0.157 e. The molecule has 1 aromatic heterocycles. The molecule has 1 heterocycles. The van der Waals surface area contributed by atoms with Gasteiger partial charge in [-0.2, -0.15) is 0 Å². The lowest BCUT2D eigenvalue weighted by atomic mass is 10.1. The highest BCUT2D eigenvalue weighted by Gasteiger charge is 2.11. The Morgan fingerprint density at radius 1 is 1.32 bits per heavy atom. The minimum Gasteiger partial charge on any atom is -0.394 e. The number of nitrogens with one attached hydrogen (secondary N) is 1. The molecule has 0 aliphatic rings. The van der Waals surface area contributed by atoms with Crippen molar-refractivity contribution < 1.29 is 5.11 Å². The van der Waals surface area contributed by atoms with Crippen LogP contribution < -0.4 is 11.1 Å². The summed E-state index contributed by atoms with van der Waals surface area (Å²) < 4.78 is 0. The fourth-order valence-corrected chi connectivity index (χ4v) is 2.02. The second-order valence-electron chi connectivity index (χ2n) is 4.65. The number of hydrogen-bond acceptors (Lipinski definition) is 5. The Kier molecular flexibility index (Phi) is 7.52. The van der Waals surface area contributed by atoms with Crippen molar-refractivity contribution in [3.63, 3.8) is 0 Å². The first-order valence-electron chi connectivity index (χ1n) is 6.82. The predicted molar refractivity (Wildman–Crippen MR) is 79.3 cm³/mol. The van der Waals surface area contributed by atoms with E-state index in [1.807, 2.05) is 0 Å². The van der Waals surface area contributed by atoms with E-state index in [1.165, 1.54) is 32.0 Å². The van der Waals surface area contributed by atoms with Crippen LogP contribution in [0.15, 0.2) is 6.33 Å². The van der Waals surface area contributed by atoms with Gasteiger partial charge in [-0.3, -0.25) is 0 Å². The predicted octanol–water partition coefficient (Wildman–Crippen LogP) is 2.85. The van der Waals surface area contributed by atoms with Gasteiger partial charge >= 0.3 is 0 Å². The van der Waals surface area contributed by atoms with Crippen LogP contribution >= 0.6 is 11.6 Å². The highest BCUT2D eigenvalue weighted by Crippen LogP contribution is 2.23. The SMILES string of the molecule is CCCCCCCC(CO)Nc1ncnc(Cl)c1N. The van der Waals surface area contributed by atoms with Gasteiger partial charge in [0, 0.05) is 0 Å². The highest BCUT2D eigenvalue weighted by molar-refractivity contribution is 6.32. The first-order valence-corrected chi connectivity index (χ1v) is 7.20. The lowest BCUT2D eigenvalue weighted by molar-refractivity contribution is 0.266. The zero-order chi connectivity index (χ0) is 14.1. The van der Waals surface area contributed by atoms with Gasteiger partial charge in [-0.15, -0.1) is 0 Å². The van der Waals surface area contributed by atoms with E-state index in [1.54, 1.807) is 0 Å². The van der Waals surface area contributed by atoms with Gasteiger partial charge in [0.05, 0.1) is 12.6 Å². The second kappa shape index (κ2) is 8.93. The summed E-state index contributed by atoms with van der Waals surface area (Å²) in [5.74, 6) is 0.493. The van der Waals surface area contributed by atoms with Gasteiger partial charge in [-0.25, -0.2) is 9.97 Å². The molecule has 19 heavy (non-hydrogen) atoms. The van der Waals surface area contributed by atoms with Crippen LogP contribution in [-0.4, -0.2) is 27.7 Å².